The maximum Gasteiger partial charge on any atom is 0.315 e. The normalized spacial score (nSPS) is 11.1. The van der Waals surface area contributed by atoms with Crippen molar-refractivity contribution in [3.63, 3.8) is 0 Å². The van der Waals surface area contributed by atoms with Crippen molar-refractivity contribution in [2.75, 3.05) is 5.32 Å². The summed E-state index contributed by atoms with van der Waals surface area (Å²) in [4.78, 5) is 0. The van der Waals surface area contributed by atoms with Crippen LogP contribution in [0, 0.1) is 5.92 Å². The van der Waals surface area contributed by atoms with Crippen molar-refractivity contribution in [2.45, 2.75) is 33.2 Å². The Morgan fingerprint density at radius 1 is 1.39 bits per heavy atom. The molecular formula is C13H20N4O. The second kappa shape index (κ2) is 5.71. The van der Waals surface area contributed by atoms with Crippen LogP contribution in [0.1, 0.15) is 31.7 Å². The van der Waals surface area contributed by atoms with Crippen LogP contribution in [0.25, 0.3) is 0 Å². The van der Waals surface area contributed by atoms with E-state index in [1.807, 2.05) is 17.8 Å². The molecule has 0 saturated heterocycles. The van der Waals surface area contributed by atoms with Crippen molar-refractivity contribution in [1.29, 1.82) is 0 Å². The fraction of sp³-hybridized carbons (Fsp3) is 0.538. The SMILES string of the molecule is CC(C)CCc1nnc(NCc2ccn(C)c2)o1. The summed E-state index contributed by atoms with van der Waals surface area (Å²) in [5.41, 5.74) is 1.19. The van der Waals surface area contributed by atoms with Crippen LogP contribution >= 0.6 is 0 Å². The van der Waals surface area contributed by atoms with Gasteiger partial charge in [0.1, 0.15) is 0 Å². The van der Waals surface area contributed by atoms with Gasteiger partial charge in [-0.1, -0.05) is 18.9 Å². The maximum atomic E-state index is 5.52. The van der Waals surface area contributed by atoms with Crippen LogP contribution in [0.3, 0.4) is 0 Å². The molecule has 18 heavy (non-hydrogen) atoms. The van der Waals surface area contributed by atoms with E-state index >= 15 is 0 Å². The first-order valence-corrected chi connectivity index (χ1v) is 6.30. The highest BCUT2D eigenvalue weighted by Crippen LogP contribution is 2.12. The van der Waals surface area contributed by atoms with E-state index in [0.717, 1.165) is 12.8 Å². The largest absolute Gasteiger partial charge is 0.408 e. The molecule has 2 aromatic heterocycles. The molecule has 0 radical (unpaired) electrons. The average molecular weight is 248 g/mol. The highest BCUT2D eigenvalue weighted by atomic mass is 16.4. The third-order valence-electron chi connectivity index (χ3n) is 2.74. The smallest absolute Gasteiger partial charge is 0.315 e. The summed E-state index contributed by atoms with van der Waals surface area (Å²) in [5.74, 6) is 1.36. The molecular weight excluding hydrogens is 228 g/mol. The molecule has 98 valence electrons. The molecule has 0 unspecified atom stereocenters. The zero-order valence-corrected chi connectivity index (χ0v) is 11.2. The molecule has 5 heteroatoms. The van der Waals surface area contributed by atoms with Crippen LogP contribution in [0.5, 0.6) is 0 Å². The molecule has 2 aromatic rings. The van der Waals surface area contributed by atoms with Gasteiger partial charge in [-0.05, 0) is 24.0 Å². The predicted molar refractivity (Wildman–Crippen MR) is 70.2 cm³/mol. The van der Waals surface area contributed by atoms with Gasteiger partial charge in [0, 0.05) is 32.4 Å². The van der Waals surface area contributed by atoms with E-state index in [4.69, 9.17) is 4.42 Å². The number of hydrogen-bond donors (Lipinski definition) is 1. The first kappa shape index (κ1) is 12.7. The topological polar surface area (TPSA) is 55.9 Å². The molecule has 0 atom stereocenters. The number of hydrogen-bond acceptors (Lipinski definition) is 4. The fourth-order valence-electron chi connectivity index (χ4n) is 1.68. The third-order valence-corrected chi connectivity index (χ3v) is 2.74. The first-order chi connectivity index (χ1) is 8.63. The van der Waals surface area contributed by atoms with Gasteiger partial charge in [-0.25, -0.2) is 0 Å². The highest BCUT2D eigenvalue weighted by Gasteiger charge is 2.06. The quantitative estimate of drug-likeness (QED) is 0.853. The third kappa shape index (κ3) is 3.61. The second-order valence-electron chi connectivity index (χ2n) is 4.97. The van der Waals surface area contributed by atoms with Crippen LogP contribution in [0.15, 0.2) is 22.9 Å². The Labute approximate surface area is 107 Å². The summed E-state index contributed by atoms with van der Waals surface area (Å²) in [7, 11) is 2.00. The Kier molecular flexibility index (Phi) is 4.02. The van der Waals surface area contributed by atoms with Gasteiger partial charge in [-0.2, -0.15) is 0 Å². The van der Waals surface area contributed by atoms with Gasteiger partial charge in [0.05, 0.1) is 0 Å². The monoisotopic (exact) mass is 248 g/mol. The van der Waals surface area contributed by atoms with Gasteiger partial charge in [0.2, 0.25) is 5.89 Å². The lowest BCUT2D eigenvalue weighted by Gasteiger charge is -2.00. The van der Waals surface area contributed by atoms with Crippen LogP contribution in [0.4, 0.5) is 6.01 Å². The Bertz CT molecular complexity index is 487. The van der Waals surface area contributed by atoms with Crippen LogP contribution < -0.4 is 5.32 Å². The standard InChI is InChI=1S/C13H20N4O/c1-10(2)4-5-12-15-16-13(18-12)14-8-11-6-7-17(3)9-11/h6-7,9-10H,4-5,8H2,1-3H3,(H,14,16). The first-order valence-electron chi connectivity index (χ1n) is 6.30. The van der Waals surface area contributed by atoms with Crippen molar-refractivity contribution in [2.24, 2.45) is 13.0 Å². The van der Waals surface area contributed by atoms with Gasteiger partial charge in [0.25, 0.3) is 0 Å². The van der Waals surface area contributed by atoms with Crippen molar-refractivity contribution in [1.82, 2.24) is 14.8 Å². The van der Waals surface area contributed by atoms with Gasteiger partial charge >= 0.3 is 6.01 Å². The van der Waals surface area contributed by atoms with E-state index in [9.17, 15) is 0 Å². The van der Waals surface area contributed by atoms with E-state index in [0.29, 0.717) is 24.4 Å². The minimum atomic E-state index is 0.498. The molecule has 5 nitrogen and oxygen atoms in total. The number of nitrogens with one attached hydrogen (secondary N) is 1. The molecule has 0 saturated carbocycles. The molecule has 0 aromatic carbocycles. The average Bonchev–Trinajstić information content (AvgIpc) is 2.93. The lowest BCUT2D eigenvalue weighted by molar-refractivity contribution is 0.469. The number of aryl methyl sites for hydroxylation is 2. The molecule has 0 amide bonds. The molecule has 0 aliphatic carbocycles. The zero-order valence-electron chi connectivity index (χ0n) is 11.2. The molecule has 2 heterocycles. The summed E-state index contributed by atoms with van der Waals surface area (Å²) in [6, 6.07) is 2.56. The summed E-state index contributed by atoms with van der Waals surface area (Å²) in [6.07, 6.45) is 5.99. The van der Waals surface area contributed by atoms with Crippen LogP contribution in [-0.4, -0.2) is 14.8 Å². The lowest BCUT2D eigenvalue weighted by Crippen LogP contribution is -1.98. The van der Waals surface area contributed by atoms with E-state index in [2.05, 4.69) is 41.6 Å². The number of nitrogens with zero attached hydrogens (tertiary/aromatic N) is 3. The molecule has 0 fully saturated rings. The molecule has 1 N–H and O–H groups in total. The Morgan fingerprint density at radius 2 is 2.22 bits per heavy atom. The van der Waals surface area contributed by atoms with Gasteiger partial charge < -0.3 is 14.3 Å². The summed E-state index contributed by atoms with van der Waals surface area (Å²) in [6.45, 7) is 5.07. The van der Waals surface area contributed by atoms with Gasteiger partial charge in [0.15, 0.2) is 0 Å². The minimum Gasteiger partial charge on any atom is -0.408 e. The lowest BCUT2D eigenvalue weighted by atomic mass is 10.1. The Hall–Kier alpha value is -1.78. The van der Waals surface area contributed by atoms with E-state index in [1.54, 1.807) is 0 Å². The van der Waals surface area contributed by atoms with Crippen LogP contribution in [0.2, 0.25) is 0 Å². The van der Waals surface area contributed by atoms with Crippen molar-refractivity contribution >= 4 is 6.01 Å². The number of aromatic nitrogens is 3. The predicted octanol–water partition coefficient (Wildman–Crippen LogP) is 2.61. The Balaban J connectivity index is 1.83. The van der Waals surface area contributed by atoms with E-state index in [1.165, 1.54) is 5.56 Å². The maximum absolute atomic E-state index is 5.52. The van der Waals surface area contributed by atoms with Crippen molar-refractivity contribution in [3.05, 3.63) is 29.9 Å². The van der Waals surface area contributed by atoms with E-state index in [-0.39, 0.29) is 0 Å². The van der Waals surface area contributed by atoms with Crippen LogP contribution in [-0.2, 0) is 20.0 Å². The van der Waals surface area contributed by atoms with Gasteiger partial charge in [-0.15, -0.1) is 5.10 Å². The fourth-order valence-corrected chi connectivity index (χ4v) is 1.68. The summed E-state index contributed by atoms with van der Waals surface area (Å²) in [5, 5.41) is 11.1. The van der Waals surface area contributed by atoms with Gasteiger partial charge in [-0.3, -0.25) is 0 Å². The zero-order chi connectivity index (χ0) is 13.0. The van der Waals surface area contributed by atoms with Crippen molar-refractivity contribution in [3.8, 4) is 0 Å². The number of rotatable bonds is 6. The van der Waals surface area contributed by atoms with E-state index < -0.39 is 0 Å². The minimum absolute atomic E-state index is 0.498. The molecule has 0 spiro atoms. The molecule has 2 rings (SSSR count). The second-order valence-corrected chi connectivity index (χ2v) is 4.97. The van der Waals surface area contributed by atoms with Crippen molar-refractivity contribution < 1.29 is 4.42 Å². The molecule has 0 aliphatic heterocycles. The Morgan fingerprint density at radius 3 is 2.89 bits per heavy atom. The molecule has 0 aliphatic rings. The molecule has 0 bridgehead atoms. The number of anilines is 1. The summed E-state index contributed by atoms with van der Waals surface area (Å²) >= 11 is 0. The summed E-state index contributed by atoms with van der Waals surface area (Å²) < 4.78 is 7.54. The highest BCUT2D eigenvalue weighted by molar-refractivity contribution is 5.22.